The fourth-order valence-corrected chi connectivity index (χ4v) is 4.75. The zero-order valence-corrected chi connectivity index (χ0v) is 15.1. The van der Waals surface area contributed by atoms with Crippen LogP contribution in [0.25, 0.3) is 11.3 Å². The maximum Gasteiger partial charge on any atom is 0.227 e. The number of benzene rings is 1. The van der Waals surface area contributed by atoms with E-state index >= 15 is 0 Å². The Morgan fingerprint density at radius 1 is 1.24 bits per heavy atom. The SMILES string of the molecule is CCCN1C(=O)[C@@H]2CC[C@H]1CN(c1nc(-c3ccc(F)cc3)cs1)C2. The van der Waals surface area contributed by atoms with Crippen LogP contribution < -0.4 is 4.90 Å². The molecule has 3 saturated heterocycles. The van der Waals surface area contributed by atoms with Crippen LogP contribution in [-0.2, 0) is 4.79 Å². The number of aromatic nitrogens is 1. The van der Waals surface area contributed by atoms with Crippen LogP contribution in [0, 0.1) is 11.7 Å². The minimum atomic E-state index is -0.238. The Morgan fingerprint density at radius 3 is 2.80 bits per heavy atom. The molecule has 2 aromatic rings. The molecule has 0 saturated carbocycles. The molecule has 4 heterocycles. The molecule has 2 atom stereocenters. The first kappa shape index (κ1) is 16.5. The number of anilines is 1. The summed E-state index contributed by atoms with van der Waals surface area (Å²) < 4.78 is 13.1. The number of hydrogen-bond acceptors (Lipinski definition) is 4. The first-order valence-electron chi connectivity index (χ1n) is 8.92. The summed E-state index contributed by atoms with van der Waals surface area (Å²) in [6.07, 6.45) is 3.07. The highest BCUT2D eigenvalue weighted by Gasteiger charge is 2.40. The molecule has 25 heavy (non-hydrogen) atoms. The minimum Gasteiger partial charge on any atom is -0.345 e. The average Bonchev–Trinajstić information content (AvgIpc) is 2.95. The highest BCUT2D eigenvalue weighted by Crippen LogP contribution is 2.34. The van der Waals surface area contributed by atoms with Crippen molar-refractivity contribution < 1.29 is 9.18 Å². The van der Waals surface area contributed by atoms with Gasteiger partial charge in [0.05, 0.1) is 11.6 Å². The molecular formula is C19H22FN3OS. The second-order valence-electron chi connectivity index (χ2n) is 6.89. The van der Waals surface area contributed by atoms with Crippen LogP contribution >= 0.6 is 11.3 Å². The van der Waals surface area contributed by atoms with Crippen molar-refractivity contribution >= 4 is 22.4 Å². The van der Waals surface area contributed by atoms with Crippen LogP contribution in [0.2, 0.25) is 0 Å². The summed E-state index contributed by atoms with van der Waals surface area (Å²) in [6.45, 7) is 4.59. The van der Waals surface area contributed by atoms with Gasteiger partial charge in [-0.15, -0.1) is 11.3 Å². The molecule has 132 valence electrons. The van der Waals surface area contributed by atoms with Crippen LogP contribution in [0.5, 0.6) is 0 Å². The van der Waals surface area contributed by atoms with E-state index in [1.807, 2.05) is 5.38 Å². The summed E-state index contributed by atoms with van der Waals surface area (Å²) in [4.78, 5) is 21.8. The van der Waals surface area contributed by atoms with Crippen LogP contribution in [0.4, 0.5) is 9.52 Å². The van der Waals surface area contributed by atoms with Gasteiger partial charge in [-0.05, 0) is 43.5 Å². The van der Waals surface area contributed by atoms with Gasteiger partial charge < -0.3 is 9.80 Å². The Kier molecular flexibility index (Phi) is 4.46. The number of rotatable bonds is 4. The maximum atomic E-state index is 13.1. The van der Waals surface area contributed by atoms with E-state index in [2.05, 4.69) is 16.7 Å². The van der Waals surface area contributed by atoms with Gasteiger partial charge in [0.15, 0.2) is 5.13 Å². The molecular weight excluding hydrogens is 337 g/mol. The molecule has 0 radical (unpaired) electrons. The van der Waals surface area contributed by atoms with E-state index in [0.717, 1.165) is 55.3 Å². The summed E-state index contributed by atoms with van der Waals surface area (Å²) in [7, 11) is 0. The van der Waals surface area contributed by atoms with Gasteiger partial charge in [0.25, 0.3) is 0 Å². The highest BCUT2D eigenvalue weighted by atomic mass is 32.1. The van der Waals surface area contributed by atoms with Crippen LogP contribution in [0.15, 0.2) is 29.6 Å². The van der Waals surface area contributed by atoms with Gasteiger partial charge in [-0.2, -0.15) is 0 Å². The van der Waals surface area contributed by atoms with Crippen molar-refractivity contribution in [2.45, 2.75) is 32.2 Å². The molecule has 3 aliphatic heterocycles. The molecule has 3 aliphatic rings. The molecule has 5 rings (SSSR count). The smallest absolute Gasteiger partial charge is 0.227 e. The maximum absolute atomic E-state index is 13.1. The van der Waals surface area contributed by atoms with Crippen molar-refractivity contribution in [3.8, 4) is 11.3 Å². The third-order valence-electron chi connectivity index (χ3n) is 5.16. The zero-order valence-electron chi connectivity index (χ0n) is 14.3. The molecule has 0 N–H and O–H groups in total. The standard InChI is InChI=1S/C19H22FN3OS/c1-2-9-23-16-8-5-14(18(23)24)10-22(11-16)19-21-17(12-25-19)13-3-6-15(20)7-4-13/h3-4,6-7,12,14,16H,2,5,8-11H2,1H3/t14-,16+/m1/s1. The van der Waals surface area contributed by atoms with E-state index in [1.165, 1.54) is 12.1 Å². The Bertz CT molecular complexity index is 760. The largest absolute Gasteiger partial charge is 0.345 e. The molecule has 6 heteroatoms. The predicted octanol–water partition coefficient (Wildman–Crippen LogP) is 3.79. The second kappa shape index (κ2) is 6.75. The third-order valence-corrected chi connectivity index (χ3v) is 6.06. The monoisotopic (exact) mass is 359 g/mol. The number of hydrogen-bond donors (Lipinski definition) is 0. The summed E-state index contributed by atoms with van der Waals surface area (Å²) in [5, 5.41) is 2.98. The zero-order chi connectivity index (χ0) is 17.4. The van der Waals surface area contributed by atoms with Gasteiger partial charge in [0.2, 0.25) is 5.91 Å². The van der Waals surface area contributed by atoms with Gasteiger partial charge in [-0.1, -0.05) is 6.92 Å². The lowest BCUT2D eigenvalue weighted by molar-refractivity contribution is -0.139. The summed E-state index contributed by atoms with van der Waals surface area (Å²) in [5.41, 5.74) is 1.79. The van der Waals surface area contributed by atoms with E-state index in [-0.39, 0.29) is 11.7 Å². The number of fused-ring (bicyclic) bond motifs is 4. The van der Waals surface area contributed by atoms with E-state index in [4.69, 9.17) is 4.98 Å². The number of nitrogens with zero attached hydrogens (tertiary/aromatic N) is 3. The molecule has 0 aliphatic carbocycles. The fourth-order valence-electron chi connectivity index (χ4n) is 3.89. The van der Waals surface area contributed by atoms with E-state index in [0.29, 0.717) is 11.9 Å². The van der Waals surface area contributed by atoms with Gasteiger partial charge >= 0.3 is 0 Å². The van der Waals surface area contributed by atoms with Crippen molar-refractivity contribution in [1.82, 2.24) is 9.88 Å². The Hall–Kier alpha value is -1.95. The summed E-state index contributed by atoms with van der Waals surface area (Å²) in [6, 6.07) is 6.73. The topological polar surface area (TPSA) is 36.4 Å². The Morgan fingerprint density at radius 2 is 2.04 bits per heavy atom. The quantitative estimate of drug-likeness (QED) is 0.833. The number of piperidine rings is 1. The lowest BCUT2D eigenvalue weighted by Crippen LogP contribution is -2.48. The van der Waals surface area contributed by atoms with E-state index in [9.17, 15) is 9.18 Å². The van der Waals surface area contributed by atoms with Crippen LogP contribution in [0.3, 0.4) is 0 Å². The van der Waals surface area contributed by atoms with Crippen molar-refractivity contribution in [3.05, 3.63) is 35.5 Å². The summed E-state index contributed by atoms with van der Waals surface area (Å²) in [5.74, 6) is 0.164. The predicted molar refractivity (Wildman–Crippen MR) is 98.2 cm³/mol. The number of halogens is 1. The third kappa shape index (κ3) is 3.15. The molecule has 3 fully saturated rings. The first-order valence-corrected chi connectivity index (χ1v) is 9.80. The Labute approximate surface area is 151 Å². The minimum absolute atomic E-state index is 0.0865. The van der Waals surface area contributed by atoms with Crippen molar-refractivity contribution in [3.63, 3.8) is 0 Å². The number of thiazole rings is 1. The van der Waals surface area contributed by atoms with E-state index in [1.54, 1.807) is 23.5 Å². The van der Waals surface area contributed by atoms with Gasteiger partial charge in [-0.3, -0.25) is 4.79 Å². The molecule has 0 spiro atoms. The lowest BCUT2D eigenvalue weighted by atomic mass is 9.94. The number of carbonyl (C=O) groups is 1. The molecule has 1 aromatic heterocycles. The first-order chi connectivity index (χ1) is 12.2. The molecule has 1 aromatic carbocycles. The van der Waals surface area contributed by atoms with Crippen molar-refractivity contribution in [1.29, 1.82) is 0 Å². The van der Waals surface area contributed by atoms with Gasteiger partial charge in [0, 0.05) is 36.6 Å². The van der Waals surface area contributed by atoms with Crippen molar-refractivity contribution in [2.75, 3.05) is 24.5 Å². The number of amides is 1. The van der Waals surface area contributed by atoms with Gasteiger partial charge in [-0.25, -0.2) is 9.37 Å². The lowest BCUT2D eigenvalue weighted by Gasteiger charge is -2.35. The fraction of sp³-hybridized carbons (Fsp3) is 0.474. The van der Waals surface area contributed by atoms with Crippen molar-refractivity contribution in [2.24, 2.45) is 5.92 Å². The molecule has 1 amide bonds. The molecule has 4 nitrogen and oxygen atoms in total. The van der Waals surface area contributed by atoms with Gasteiger partial charge in [0.1, 0.15) is 5.82 Å². The second-order valence-corrected chi connectivity index (χ2v) is 7.72. The normalized spacial score (nSPS) is 23.2. The van der Waals surface area contributed by atoms with Crippen LogP contribution in [-0.4, -0.2) is 41.5 Å². The highest BCUT2D eigenvalue weighted by molar-refractivity contribution is 7.14. The van der Waals surface area contributed by atoms with E-state index < -0.39 is 0 Å². The van der Waals surface area contributed by atoms with Crippen LogP contribution in [0.1, 0.15) is 26.2 Å². The average molecular weight is 359 g/mol. The molecule has 0 unspecified atom stereocenters. The number of carbonyl (C=O) groups excluding carboxylic acids is 1. The molecule has 2 bridgehead atoms. The Balaban J connectivity index is 1.57. The summed E-state index contributed by atoms with van der Waals surface area (Å²) >= 11 is 1.60.